The molecule has 0 fully saturated rings. The van der Waals surface area contributed by atoms with Crippen molar-refractivity contribution in [3.63, 3.8) is 0 Å². The molecule has 1 amide bonds. The van der Waals surface area contributed by atoms with Crippen molar-refractivity contribution in [3.05, 3.63) is 102 Å². The number of nitrogens with zero attached hydrogens (tertiary/aromatic N) is 1. The average molecular weight is 462 g/mol. The Morgan fingerprint density at radius 1 is 0.853 bits per heavy atom. The van der Waals surface area contributed by atoms with Gasteiger partial charge in [-0.2, -0.15) is 0 Å². The molecule has 0 saturated heterocycles. The van der Waals surface area contributed by atoms with Gasteiger partial charge < -0.3 is 15.2 Å². The molecular weight excluding hydrogens is 439 g/mol. The van der Waals surface area contributed by atoms with Crippen molar-refractivity contribution in [1.82, 2.24) is 4.98 Å². The molecule has 4 rings (SSSR count). The van der Waals surface area contributed by atoms with E-state index in [9.17, 15) is 14.7 Å². The molecule has 1 heterocycles. The predicted molar refractivity (Wildman–Crippen MR) is 135 cm³/mol. The Labute approximate surface area is 219 Å². The van der Waals surface area contributed by atoms with Crippen LogP contribution in [0.4, 0.5) is 5.69 Å². The number of carbonyl (C=O) groups is 2. The molecule has 0 atom stereocenters. The zero-order valence-corrected chi connectivity index (χ0v) is 18.0. The molecule has 34 heavy (non-hydrogen) atoms. The number of nitrogens with one attached hydrogen (secondary N) is 1. The van der Waals surface area contributed by atoms with Crippen molar-refractivity contribution in [2.75, 3.05) is 11.9 Å². The number of amides is 1. The molecule has 3 aromatic carbocycles. The van der Waals surface area contributed by atoms with Crippen molar-refractivity contribution in [2.24, 2.45) is 0 Å². The van der Waals surface area contributed by atoms with Crippen molar-refractivity contribution < 1.29 is 19.4 Å². The number of carbonyl (C=O) groups excluding carboxylic acids is 1. The van der Waals surface area contributed by atoms with E-state index in [0.717, 1.165) is 22.3 Å². The van der Waals surface area contributed by atoms with Gasteiger partial charge in [-0.25, -0.2) is 4.79 Å². The van der Waals surface area contributed by atoms with Gasteiger partial charge in [-0.15, -0.1) is 0 Å². The third-order valence-corrected chi connectivity index (χ3v) is 5.08. The van der Waals surface area contributed by atoms with Crippen LogP contribution in [0.25, 0.3) is 22.3 Å². The number of carboxylic acid groups (broad SMARTS) is 1. The third-order valence-electron chi connectivity index (χ3n) is 5.08. The Morgan fingerprint density at radius 2 is 1.59 bits per heavy atom. The predicted octanol–water partition coefficient (Wildman–Crippen LogP) is 5.12. The molecule has 166 valence electrons. The molecule has 0 aliphatic rings. The Hall–Kier alpha value is -3.45. The van der Waals surface area contributed by atoms with Crippen LogP contribution in [-0.4, -0.2) is 58.1 Å². The summed E-state index contributed by atoms with van der Waals surface area (Å²) < 4.78 is 5.56. The molecule has 0 saturated carbocycles. The van der Waals surface area contributed by atoms with E-state index in [2.05, 4.69) is 10.3 Å². The van der Waals surface area contributed by atoms with Gasteiger partial charge in [0.05, 0.1) is 23.4 Å². The molecule has 0 bridgehead atoms. The summed E-state index contributed by atoms with van der Waals surface area (Å²) in [6, 6.07) is 23.7. The summed E-state index contributed by atoms with van der Waals surface area (Å²) in [5.74, 6) is -0.856. The molecular formula is C27H23N2NaO4. The van der Waals surface area contributed by atoms with E-state index < -0.39 is 11.9 Å². The second-order valence-electron chi connectivity index (χ2n) is 7.31. The molecule has 0 aliphatic heterocycles. The number of hydrogen-bond donors (Lipinski definition) is 2. The topological polar surface area (TPSA) is 88.5 Å². The van der Waals surface area contributed by atoms with Crippen LogP contribution in [0.5, 0.6) is 5.75 Å². The number of hydrogen-bond acceptors (Lipinski definition) is 4. The van der Waals surface area contributed by atoms with Gasteiger partial charge in [-0.1, -0.05) is 48.5 Å². The Balaban J connectivity index is 0.00000324. The number of rotatable bonds is 7. The maximum absolute atomic E-state index is 13.0. The van der Waals surface area contributed by atoms with E-state index in [4.69, 9.17) is 4.74 Å². The molecule has 0 spiro atoms. The normalized spacial score (nSPS) is 10.1. The first-order chi connectivity index (χ1) is 16.0. The Kier molecular flexibility index (Phi) is 8.60. The van der Waals surface area contributed by atoms with Crippen molar-refractivity contribution >= 4 is 47.1 Å². The minimum absolute atomic E-state index is 0. The molecule has 4 aromatic rings. The summed E-state index contributed by atoms with van der Waals surface area (Å²) in [6.07, 6.45) is 3.14. The quantitative estimate of drug-likeness (QED) is 0.373. The van der Waals surface area contributed by atoms with Crippen LogP contribution in [0.1, 0.15) is 27.6 Å². The first-order valence-electron chi connectivity index (χ1n) is 10.5. The van der Waals surface area contributed by atoms with Gasteiger partial charge in [-0.3, -0.25) is 9.78 Å². The number of aromatic carboxylic acids is 1. The first kappa shape index (κ1) is 25.2. The fourth-order valence-electron chi connectivity index (χ4n) is 3.49. The average Bonchev–Trinajstić information content (AvgIpc) is 2.85. The summed E-state index contributed by atoms with van der Waals surface area (Å²) in [5.41, 5.74) is 3.87. The first-order valence-corrected chi connectivity index (χ1v) is 10.5. The number of aromatic nitrogens is 1. The van der Waals surface area contributed by atoms with Crippen molar-refractivity contribution in [3.8, 4) is 28.0 Å². The van der Waals surface area contributed by atoms with Gasteiger partial charge in [0.1, 0.15) is 5.75 Å². The van der Waals surface area contributed by atoms with Gasteiger partial charge >= 0.3 is 35.5 Å². The van der Waals surface area contributed by atoms with Crippen LogP contribution in [0, 0.1) is 0 Å². The van der Waals surface area contributed by atoms with Crippen LogP contribution in [0.2, 0.25) is 0 Å². The maximum atomic E-state index is 13.0. The molecule has 0 radical (unpaired) electrons. The van der Waals surface area contributed by atoms with Crippen LogP contribution in [0.3, 0.4) is 0 Å². The van der Waals surface area contributed by atoms with E-state index in [1.165, 1.54) is 12.3 Å². The summed E-state index contributed by atoms with van der Waals surface area (Å²) in [5, 5.41) is 12.4. The number of benzene rings is 3. The molecule has 0 aliphatic carbocycles. The summed E-state index contributed by atoms with van der Waals surface area (Å²) in [6.45, 7) is 2.45. The third kappa shape index (κ3) is 5.91. The fraction of sp³-hybridized carbons (Fsp3) is 0.0741. The zero-order chi connectivity index (χ0) is 23.2. The SMILES string of the molecule is CCOc1cccc(-c2ccc(C(=O)O)c(NC(=O)c3cncc(-c4ccccc4)c3)c2)c1.[NaH]. The summed E-state index contributed by atoms with van der Waals surface area (Å²) in [4.78, 5) is 29.0. The van der Waals surface area contributed by atoms with E-state index in [0.29, 0.717) is 17.9 Å². The zero-order valence-electron chi connectivity index (χ0n) is 18.0. The summed E-state index contributed by atoms with van der Waals surface area (Å²) >= 11 is 0. The monoisotopic (exact) mass is 462 g/mol. The van der Waals surface area contributed by atoms with Crippen LogP contribution < -0.4 is 10.1 Å². The van der Waals surface area contributed by atoms with E-state index in [1.807, 2.05) is 61.5 Å². The molecule has 7 heteroatoms. The number of ether oxygens (including phenoxy) is 1. The van der Waals surface area contributed by atoms with Gasteiger partial charge in [0, 0.05) is 18.0 Å². The second kappa shape index (κ2) is 11.6. The minimum atomic E-state index is -1.13. The Morgan fingerprint density at radius 3 is 2.32 bits per heavy atom. The molecule has 2 N–H and O–H groups in total. The molecule has 0 unspecified atom stereocenters. The van der Waals surface area contributed by atoms with E-state index in [1.54, 1.807) is 24.4 Å². The fourth-order valence-corrected chi connectivity index (χ4v) is 3.49. The van der Waals surface area contributed by atoms with Crippen molar-refractivity contribution in [2.45, 2.75) is 6.92 Å². The van der Waals surface area contributed by atoms with Gasteiger partial charge in [0.2, 0.25) is 0 Å². The summed E-state index contributed by atoms with van der Waals surface area (Å²) in [7, 11) is 0. The number of carboxylic acids is 1. The van der Waals surface area contributed by atoms with Gasteiger partial charge in [0.15, 0.2) is 0 Å². The van der Waals surface area contributed by atoms with Crippen LogP contribution >= 0.6 is 0 Å². The Bertz CT molecular complexity index is 1310. The number of pyridine rings is 1. The van der Waals surface area contributed by atoms with Gasteiger partial charge in [-0.05, 0) is 53.9 Å². The number of anilines is 1. The standard InChI is InChI=1S/C27H22N2O4.Na.H/c1-2-33-23-10-6-9-19(14-23)20-11-12-24(27(31)32)25(15-20)29-26(30)22-13-21(16-28-17-22)18-7-4-3-5-8-18;;/h3-17H,2H2,1H3,(H,29,30)(H,31,32);;. The van der Waals surface area contributed by atoms with Crippen molar-refractivity contribution in [1.29, 1.82) is 0 Å². The van der Waals surface area contributed by atoms with Crippen LogP contribution in [-0.2, 0) is 0 Å². The van der Waals surface area contributed by atoms with Crippen LogP contribution in [0.15, 0.2) is 91.3 Å². The molecule has 6 nitrogen and oxygen atoms in total. The second-order valence-corrected chi connectivity index (χ2v) is 7.31. The molecule has 1 aromatic heterocycles. The van der Waals surface area contributed by atoms with E-state index in [-0.39, 0.29) is 40.8 Å². The van der Waals surface area contributed by atoms with Gasteiger partial charge in [0.25, 0.3) is 5.91 Å². The van der Waals surface area contributed by atoms with E-state index >= 15 is 0 Å².